The molecule has 228 valence electrons. The number of pyridine rings is 3. The smallest absolute Gasteiger partial charge is 0.137 e. The molecule has 0 spiro atoms. The van der Waals surface area contributed by atoms with E-state index in [1.54, 1.807) is 0 Å². The number of aromatic nitrogens is 3. The number of ether oxygens (including phenoxy) is 1. The molecule has 2 aliphatic heterocycles. The van der Waals surface area contributed by atoms with Crippen LogP contribution in [0, 0.1) is 25.5 Å². The molecule has 0 saturated carbocycles. The molecule has 11 heteroatoms. The predicted molar refractivity (Wildman–Crippen MR) is 174 cm³/mol. The van der Waals surface area contributed by atoms with Gasteiger partial charge in [-0.2, -0.15) is 0 Å². The Morgan fingerprint density at radius 3 is 2.45 bits per heavy atom. The molecule has 5 aromatic rings. The van der Waals surface area contributed by atoms with Crippen LogP contribution in [-0.2, 0) is 4.74 Å². The van der Waals surface area contributed by atoms with E-state index in [4.69, 9.17) is 16.3 Å². The maximum Gasteiger partial charge on any atom is 0.137 e. The zero-order valence-corrected chi connectivity index (χ0v) is 25.5. The number of morpholine rings is 1. The Labute approximate surface area is 260 Å². The number of anilines is 4. The van der Waals surface area contributed by atoms with Gasteiger partial charge < -0.3 is 25.2 Å². The highest BCUT2D eigenvalue weighted by Crippen LogP contribution is 2.34. The van der Waals surface area contributed by atoms with E-state index in [0.717, 1.165) is 97.8 Å². The molecule has 0 radical (unpaired) electrons. The first-order chi connectivity index (χ1) is 21.4. The van der Waals surface area contributed by atoms with Crippen LogP contribution in [-0.4, -0.2) is 67.4 Å². The molecule has 5 heterocycles. The molecule has 2 aromatic carbocycles. The zero-order valence-electron chi connectivity index (χ0n) is 24.7. The maximum atomic E-state index is 13.9. The molecule has 0 amide bonds. The third kappa shape index (κ3) is 6.52. The van der Waals surface area contributed by atoms with Crippen LogP contribution >= 0.6 is 11.6 Å². The molecule has 7 rings (SSSR count). The van der Waals surface area contributed by atoms with Crippen molar-refractivity contribution in [3.63, 3.8) is 0 Å². The minimum atomic E-state index is -0.674. The van der Waals surface area contributed by atoms with Gasteiger partial charge in [0, 0.05) is 73.7 Å². The molecule has 0 bridgehead atoms. The van der Waals surface area contributed by atoms with Gasteiger partial charge in [0.05, 0.1) is 58.4 Å². The number of halogens is 3. The molecule has 3 aromatic heterocycles. The van der Waals surface area contributed by atoms with Crippen LogP contribution in [0.3, 0.4) is 0 Å². The highest BCUT2D eigenvalue weighted by Gasteiger charge is 2.20. The predicted octanol–water partition coefficient (Wildman–Crippen LogP) is 6.40. The summed E-state index contributed by atoms with van der Waals surface area (Å²) in [5.74, 6) is -0.616. The van der Waals surface area contributed by atoms with E-state index >= 15 is 0 Å². The first-order valence-electron chi connectivity index (χ1n) is 14.7. The summed E-state index contributed by atoms with van der Waals surface area (Å²) < 4.78 is 32.7. The summed E-state index contributed by atoms with van der Waals surface area (Å²) in [7, 11) is 0. The number of nitrogens with zero attached hydrogens (tertiary/aromatic N) is 5. The van der Waals surface area contributed by atoms with Gasteiger partial charge in [-0.05, 0) is 32.0 Å². The monoisotopic (exact) mass is 617 g/mol. The molecular weight excluding hydrogens is 584 g/mol. The maximum absolute atomic E-state index is 13.9. The average Bonchev–Trinajstić information content (AvgIpc) is 3.03. The number of benzene rings is 2. The van der Waals surface area contributed by atoms with Crippen molar-refractivity contribution >= 4 is 56.3 Å². The fraction of sp³-hybridized carbons (Fsp3) is 0.303. The third-order valence-electron chi connectivity index (χ3n) is 7.78. The van der Waals surface area contributed by atoms with Crippen molar-refractivity contribution in [2.45, 2.75) is 13.8 Å². The Hall–Kier alpha value is -4.12. The number of hydrogen-bond acceptors (Lipinski definition) is 8. The quantitative estimate of drug-likeness (QED) is 0.240. The van der Waals surface area contributed by atoms with Crippen LogP contribution in [0.1, 0.15) is 11.3 Å². The van der Waals surface area contributed by atoms with E-state index in [0.29, 0.717) is 10.8 Å². The van der Waals surface area contributed by atoms with E-state index in [1.807, 2.05) is 44.4 Å². The summed E-state index contributed by atoms with van der Waals surface area (Å²) >= 11 is 6.26. The lowest BCUT2D eigenvalue weighted by Crippen LogP contribution is -2.44. The molecule has 2 saturated heterocycles. The van der Waals surface area contributed by atoms with Crippen molar-refractivity contribution in [2.24, 2.45) is 0 Å². The van der Waals surface area contributed by atoms with Crippen molar-refractivity contribution in [1.29, 1.82) is 0 Å². The largest absolute Gasteiger partial charge is 0.378 e. The van der Waals surface area contributed by atoms with Gasteiger partial charge in [-0.15, -0.1) is 0 Å². The minimum absolute atomic E-state index is 0.185. The summed E-state index contributed by atoms with van der Waals surface area (Å²) in [6.07, 6.45) is 3.76. The lowest BCUT2D eigenvalue weighted by atomic mass is 10.1. The van der Waals surface area contributed by atoms with Crippen molar-refractivity contribution in [1.82, 2.24) is 20.3 Å². The van der Waals surface area contributed by atoms with Gasteiger partial charge in [-0.3, -0.25) is 9.97 Å². The molecule has 0 atom stereocenters. The Balaban J connectivity index is 0.000000159. The van der Waals surface area contributed by atoms with Crippen LogP contribution in [0.25, 0.3) is 21.8 Å². The molecule has 2 fully saturated rings. The summed E-state index contributed by atoms with van der Waals surface area (Å²) in [5.41, 5.74) is 6.14. The van der Waals surface area contributed by atoms with Gasteiger partial charge in [0.1, 0.15) is 17.5 Å². The first kappa shape index (κ1) is 29.9. The number of para-hydroxylation sites is 1. The lowest BCUT2D eigenvalue weighted by molar-refractivity contribution is 0.122. The van der Waals surface area contributed by atoms with Gasteiger partial charge in [0.15, 0.2) is 0 Å². The fourth-order valence-corrected chi connectivity index (χ4v) is 5.86. The zero-order chi connectivity index (χ0) is 30.6. The van der Waals surface area contributed by atoms with Gasteiger partial charge in [-0.25, -0.2) is 13.8 Å². The molecular formula is C33H34ClF2N7O. The molecule has 8 nitrogen and oxygen atoms in total. The summed E-state index contributed by atoms with van der Waals surface area (Å²) in [6, 6.07) is 14.4. The summed E-state index contributed by atoms with van der Waals surface area (Å²) in [5, 5.41) is 8.36. The minimum Gasteiger partial charge on any atom is -0.378 e. The van der Waals surface area contributed by atoms with Crippen LogP contribution < -0.4 is 20.4 Å². The number of piperazine rings is 1. The van der Waals surface area contributed by atoms with Crippen LogP contribution in [0.15, 0.2) is 60.9 Å². The lowest BCUT2D eigenvalue weighted by Gasteiger charge is -2.30. The van der Waals surface area contributed by atoms with Gasteiger partial charge in [0.2, 0.25) is 0 Å². The Kier molecular flexibility index (Phi) is 9.02. The van der Waals surface area contributed by atoms with E-state index in [1.165, 1.54) is 6.07 Å². The van der Waals surface area contributed by atoms with Gasteiger partial charge in [0.25, 0.3) is 0 Å². The number of nitrogens with one attached hydrogen (secondary N) is 2. The topological polar surface area (TPSA) is 78.4 Å². The molecule has 0 unspecified atom stereocenters. The number of rotatable bonds is 4. The van der Waals surface area contributed by atoms with Crippen molar-refractivity contribution in [2.75, 3.05) is 67.6 Å². The fourth-order valence-electron chi connectivity index (χ4n) is 5.59. The summed E-state index contributed by atoms with van der Waals surface area (Å²) in [4.78, 5) is 17.8. The molecule has 44 heavy (non-hydrogen) atoms. The van der Waals surface area contributed by atoms with Crippen LogP contribution in [0.4, 0.5) is 31.7 Å². The first-order valence-corrected chi connectivity index (χ1v) is 15.1. The Bertz CT molecular complexity index is 1790. The molecule has 0 aliphatic carbocycles. The SMILES string of the molecule is Cc1c(N2CCNCC2)nc2cc(F)cc(F)c2c1Cl.Cc1cc(Nc2cncc(N3CCOCC3)c2)c2ccccc2n1. The third-order valence-corrected chi connectivity index (χ3v) is 8.26. The highest BCUT2D eigenvalue weighted by molar-refractivity contribution is 6.36. The molecule has 2 N–H and O–H groups in total. The second-order valence-electron chi connectivity index (χ2n) is 10.9. The number of aryl methyl sites for hydroxylation is 1. The van der Waals surface area contributed by atoms with E-state index < -0.39 is 11.6 Å². The Morgan fingerprint density at radius 1 is 0.886 bits per heavy atom. The van der Waals surface area contributed by atoms with Gasteiger partial charge in [-0.1, -0.05) is 29.8 Å². The van der Waals surface area contributed by atoms with Crippen molar-refractivity contribution in [3.05, 3.63) is 88.8 Å². The van der Waals surface area contributed by atoms with Crippen molar-refractivity contribution < 1.29 is 13.5 Å². The highest BCUT2D eigenvalue weighted by atomic mass is 35.5. The van der Waals surface area contributed by atoms with E-state index in [2.05, 4.69) is 53.6 Å². The van der Waals surface area contributed by atoms with Crippen LogP contribution in [0.5, 0.6) is 0 Å². The summed E-state index contributed by atoms with van der Waals surface area (Å²) in [6.45, 7) is 10.5. The van der Waals surface area contributed by atoms with Crippen LogP contribution in [0.2, 0.25) is 5.02 Å². The average molecular weight is 618 g/mol. The second kappa shape index (κ2) is 13.3. The Morgan fingerprint density at radius 2 is 1.66 bits per heavy atom. The molecule has 2 aliphatic rings. The van der Waals surface area contributed by atoms with E-state index in [9.17, 15) is 8.78 Å². The standard InChI is InChI=1S/C19H20N4O.C14H14ClF2N3/c1-14-10-19(17-4-2-3-5-18(17)21-14)22-15-11-16(13-20-12-15)23-6-8-24-9-7-23;1-8-13(15)12-10(17)6-9(16)7-11(12)19-14(8)20-4-2-18-3-5-20/h2-5,10-13H,6-9H2,1H3,(H,21,22);6-7,18H,2-5H2,1H3. The second-order valence-corrected chi connectivity index (χ2v) is 11.3. The van der Waals surface area contributed by atoms with Crippen molar-refractivity contribution in [3.8, 4) is 0 Å². The van der Waals surface area contributed by atoms with Gasteiger partial charge >= 0.3 is 0 Å². The number of fused-ring (bicyclic) bond motifs is 2. The van der Waals surface area contributed by atoms with E-state index in [-0.39, 0.29) is 10.9 Å². The number of hydrogen-bond donors (Lipinski definition) is 2. The normalized spacial score (nSPS) is 15.3.